The van der Waals surface area contributed by atoms with E-state index >= 15 is 0 Å². The highest BCUT2D eigenvalue weighted by molar-refractivity contribution is 5.62. The van der Waals surface area contributed by atoms with Gasteiger partial charge in [-0.2, -0.15) is 0 Å². The van der Waals surface area contributed by atoms with Crippen molar-refractivity contribution >= 4 is 5.69 Å². The highest BCUT2D eigenvalue weighted by Gasteiger charge is 2.21. The van der Waals surface area contributed by atoms with Gasteiger partial charge >= 0.3 is 0 Å². The Hall–Kier alpha value is -1.83. The van der Waals surface area contributed by atoms with Crippen LogP contribution < -0.4 is 5.32 Å². The third-order valence-electron chi connectivity index (χ3n) is 4.24. The molecule has 0 fully saturated rings. The Morgan fingerprint density at radius 3 is 2.55 bits per heavy atom. The Morgan fingerprint density at radius 2 is 1.80 bits per heavy atom. The van der Waals surface area contributed by atoms with Gasteiger partial charge in [0.25, 0.3) is 0 Å². The predicted octanol–water partition coefficient (Wildman–Crippen LogP) is 4.52. The van der Waals surface area contributed by atoms with Gasteiger partial charge in [-0.25, -0.2) is 4.39 Å². The summed E-state index contributed by atoms with van der Waals surface area (Å²) in [5, 5.41) is 3.32. The molecule has 2 aromatic carbocycles. The molecular formula is C18H20FN. The first-order valence-electron chi connectivity index (χ1n) is 7.21. The van der Waals surface area contributed by atoms with Crippen LogP contribution in [0.2, 0.25) is 0 Å². The number of anilines is 1. The zero-order chi connectivity index (χ0) is 14.1. The Bertz CT molecular complexity index is 613. The van der Waals surface area contributed by atoms with Crippen molar-refractivity contribution in [2.24, 2.45) is 0 Å². The van der Waals surface area contributed by atoms with Crippen molar-refractivity contribution in [1.29, 1.82) is 0 Å². The van der Waals surface area contributed by atoms with Gasteiger partial charge < -0.3 is 5.32 Å². The molecule has 1 nitrogen and oxygen atoms in total. The number of aryl methyl sites for hydroxylation is 2. The van der Waals surface area contributed by atoms with Crippen molar-refractivity contribution in [3.05, 3.63) is 64.2 Å². The summed E-state index contributed by atoms with van der Waals surface area (Å²) in [6, 6.07) is 12.1. The molecule has 1 aliphatic heterocycles. The fraction of sp³-hybridized carbons (Fsp3) is 0.333. The Labute approximate surface area is 119 Å². The zero-order valence-electron chi connectivity index (χ0n) is 12.0. The van der Waals surface area contributed by atoms with Crippen LogP contribution in [0.4, 0.5) is 10.1 Å². The third-order valence-corrected chi connectivity index (χ3v) is 4.24. The number of para-hydroxylation sites is 1. The van der Waals surface area contributed by atoms with Crippen LogP contribution >= 0.6 is 0 Å². The number of hydrogen-bond acceptors (Lipinski definition) is 1. The van der Waals surface area contributed by atoms with E-state index in [0.717, 1.165) is 29.8 Å². The van der Waals surface area contributed by atoms with Crippen LogP contribution in [0.3, 0.4) is 0 Å². The van der Waals surface area contributed by atoms with Gasteiger partial charge in [0.1, 0.15) is 6.17 Å². The number of fused-ring (bicyclic) bond motifs is 1. The van der Waals surface area contributed by atoms with Gasteiger partial charge in [-0.3, -0.25) is 0 Å². The van der Waals surface area contributed by atoms with Crippen LogP contribution in [0.15, 0.2) is 36.4 Å². The van der Waals surface area contributed by atoms with Crippen LogP contribution in [0, 0.1) is 13.8 Å². The molecule has 3 rings (SSSR count). The molecule has 1 aliphatic rings. The molecule has 1 atom stereocenters. The van der Waals surface area contributed by atoms with Crippen molar-refractivity contribution in [2.75, 3.05) is 11.9 Å². The molecule has 0 radical (unpaired) electrons. The largest absolute Gasteiger partial charge is 0.384 e. The number of halogens is 1. The summed E-state index contributed by atoms with van der Waals surface area (Å²) in [5.41, 5.74) is 6.55. The average molecular weight is 269 g/mol. The molecule has 0 bridgehead atoms. The normalized spacial score (nSPS) is 14.8. The summed E-state index contributed by atoms with van der Waals surface area (Å²) < 4.78 is 14.8. The Balaban J connectivity index is 1.91. The highest BCUT2D eigenvalue weighted by atomic mass is 19.1. The van der Waals surface area contributed by atoms with E-state index in [0.29, 0.717) is 6.42 Å². The second kappa shape index (κ2) is 5.28. The summed E-state index contributed by atoms with van der Waals surface area (Å²) >= 11 is 0. The molecule has 104 valence electrons. The smallest absolute Gasteiger partial charge is 0.131 e. The van der Waals surface area contributed by atoms with Crippen molar-refractivity contribution in [3.8, 4) is 0 Å². The number of benzene rings is 2. The van der Waals surface area contributed by atoms with Crippen LogP contribution in [0.25, 0.3) is 0 Å². The van der Waals surface area contributed by atoms with Crippen LogP contribution in [-0.4, -0.2) is 6.54 Å². The summed E-state index contributed by atoms with van der Waals surface area (Å²) in [7, 11) is 0. The van der Waals surface area contributed by atoms with Crippen LogP contribution in [0.5, 0.6) is 0 Å². The SMILES string of the molecule is Cc1cccc(C)c1CC(F)c1cccc2c1NCC2. The Kier molecular flexibility index (Phi) is 3.47. The summed E-state index contributed by atoms with van der Waals surface area (Å²) in [5.74, 6) is 0. The second-order valence-electron chi connectivity index (χ2n) is 5.60. The molecule has 20 heavy (non-hydrogen) atoms. The topological polar surface area (TPSA) is 12.0 Å². The van der Waals surface area contributed by atoms with E-state index in [-0.39, 0.29) is 0 Å². The van der Waals surface area contributed by atoms with Gasteiger partial charge in [-0.05, 0) is 42.5 Å². The van der Waals surface area contributed by atoms with Crippen LogP contribution in [-0.2, 0) is 12.8 Å². The summed E-state index contributed by atoms with van der Waals surface area (Å²) in [6.45, 7) is 5.04. The number of rotatable bonds is 3. The van der Waals surface area contributed by atoms with Crippen LogP contribution in [0.1, 0.15) is 34.0 Å². The van der Waals surface area contributed by atoms with Gasteiger partial charge in [0.15, 0.2) is 0 Å². The molecule has 0 saturated heterocycles. The lowest BCUT2D eigenvalue weighted by Gasteiger charge is -2.16. The Morgan fingerprint density at radius 1 is 1.10 bits per heavy atom. The first-order chi connectivity index (χ1) is 9.66. The molecule has 1 unspecified atom stereocenters. The molecule has 0 saturated carbocycles. The van der Waals surface area contributed by atoms with Gasteiger partial charge in [0.2, 0.25) is 0 Å². The van der Waals surface area contributed by atoms with E-state index in [4.69, 9.17) is 0 Å². The standard InChI is InChI=1S/C18H20FN/c1-12-5-3-6-13(2)16(12)11-17(19)15-8-4-7-14-9-10-20-18(14)15/h3-8,17,20H,9-11H2,1-2H3. The van der Waals surface area contributed by atoms with E-state index in [2.05, 4.69) is 37.4 Å². The maximum Gasteiger partial charge on any atom is 0.131 e. The maximum atomic E-state index is 14.8. The fourth-order valence-corrected chi connectivity index (χ4v) is 3.09. The molecule has 0 spiro atoms. The van der Waals surface area contributed by atoms with Crippen molar-refractivity contribution in [1.82, 2.24) is 0 Å². The first-order valence-corrected chi connectivity index (χ1v) is 7.21. The number of hydrogen-bond donors (Lipinski definition) is 1. The molecule has 2 aromatic rings. The van der Waals surface area contributed by atoms with Crippen molar-refractivity contribution < 1.29 is 4.39 Å². The van der Waals surface area contributed by atoms with Gasteiger partial charge in [0.05, 0.1) is 0 Å². The molecular weight excluding hydrogens is 249 g/mol. The fourth-order valence-electron chi connectivity index (χ4n) is 3.09. The predicted molar refractivity (Wildman–Crippen MR) is 82.1 cm³/mol. The van der Waals surface area contributed by atoms with Gasteiger partial charge in [-0.15, -0.1) is 0 Å². The quantitative estimate of drug-likeness (QED) is 0.863. The minimum Gasteiger partial charge on any atom is -0.384 e. The van der Waals surface area contributed by atoms with Crippen molar-refractivity contribution in [2.45, 2.75) is 32.9 Å². The number of nitrogens with one attached hydrogen (secondary N) is 1. The minimum absolute atomic E-state index is 0.455. The van der Waals surface area contributed by atoms with E-state index in [9.17, 15) is 4.39 Å². The molecule has 0 aromatic heterocycles. The molecule has 0 aliphatic carbocycles. The molecule has 2 heteroatoms. The second-order valence-corrected chi connectivity index (χ2v) is 5.60. The van der Waals surface area contributed by atoms with E-state index in [1.165, 1.54) is 16.7 Å². The lowest BCUT2D eigenvalue weighted by Crippen LogP contribution is -2.04. The lowest BCUT2D eigenvalue weighted by atomic mass is 9.94. The minimum atomic E-state index is -0.949. The molecule has 1 N–H and O–H groups in total. The maximum absolute atomic E-state index is 14.8. The van der Waals surface area contributed by atoms with E-state index < -0.39 is 6.17 Å². The van der Waals surface area contributed by atoms with Gasteiger partial charge in [-0.1, -0.05) is 36.4 Å². The third kappa shape index (κ3) is 2.31. The summed E-state index contributed by atoms with van der Waals surface area (Å²) in [6.07, 6.45) is 0.506. The van der Waals surface area contributed by atoms with Crippen molar-refractivity contribution in [3.63, 3.8) is 0 Å². The average Bonchev–Trinajstić information content (AvgIpc) is 2.91. The summed E-state index contributed by atoms with van der Waals surface area (Å²) in [4.78, 5) is 0. The highest BCUT2D eigenvalue weighted by Crippen LogP contribution is 2.35. The zero-order valence-corrected chi connectivity index (χ0v) is 12.0. The first kappa shape index (κ1) is 13.2. The lowest BCUT2D eigenvalue weighted by molar-refractivity contribution is 0.342. The number of alkyl halides is 1. The molecule has 0 amide bonds. The van der Waals surface area contributed by atoms with E-state index in [1.54, 1.807) is 0 Å². The molecule has 1 heterocycles. The van der Waals surface area contributed by atoms with E-state index in [1.807, 2.05) is 18.2 Å². The van der Waals surface area contributed by atoms with Gasteiger partial charge in [0, 0.05) is 24.2 Å². The monoisotopic (exact) mass is 269 g/mol.